The number of carbonyl (C=O) groups excluding carboxylic acids is 4. The lowest BCUT2D eigenvalue weighted by Crippen LogP contribution is -2.44. The molecule has 2 heterocycles. The molecule has 1 aliphatic heterocycles. The molecule has 0 aliphatic carbocycles. The van der Waals surface area contributed by atoms with E-state index < -0.39 is 23.6 Å². The summed E-state index contributed by atoms with van der Waals surface area (Å²) in [5.74, 6) is -0.978. The van der Waals surface area contributed by atoms with E-state index in [-0.39, 0.29) is 18.4 Å². The normalized spacial score (nSPS) is 16.4. The van der Waals surface area contributed by atoms with Crippen molar-refractivity contribution in [1.29, 1.82) is 0 Å². The highest BCUT2D eigenvalue weighted by Gasteiger charge is 2.35. The van der Waals surface area contributed by atoms with Gasteiger partial charge in [0, 0.05) is 13.6 Å². The number of likely N-dealkylation sites (N-methyl/N-ethyl adjacent to an activating group) is 1. The number of likely N-dealkylation sites (tertiary alicyclic amines) is 1. The maximum absolute atomic E-state index is 12.9. The van der Waals surface area contributed by atoms with Gasteiger partial charge in [-0.25, -0.2) is 4.79 Å². The van der Waals surface area contributed by atoms with Crippen molar-refractivity contribution in [3.05, 3.63) is 16.3 Å². The molecule has 0 unspecified atom stereocenters. The topological polar surface area (TPSA) is 117 Å². The SMILES string of the molecule is CNC(=O)[C@@H]1CCCN1C(=O)c1sccc1NC(=O)CNC(=O)OC(C)(C)C. The number of amides is 4. The molecular formula is C18H26N4O5S. The summed E-state index contributed by atoms with van der Waals surface area (Å²) in [5.41, 5.74) is -0.307. The maximum Gasteiger partial charge on any atom is 0.408 e. The van der Waals surface area contributed by atoms with E-state index >= 15 is 0 Å². The standard InChI is InChI=1S/C18H26N4O5S/c1-18(2,3)27-17(26)20-10-13(23)21-11-7-9-28-14(11)16(25)22-8-5-6-12(22)15(24)19-4/h7,9,12H,5-6,8,10H2,1-4H3,(H,19,24)(H,20,26)(H,21,23)/t12-/m0/s1. The van der Waals surface area contributed by atoms with Crippen molar-refractivity contribution in [2.24, 2.45) is 0 Å². The molecule has 0 spiro atoms. The first-order valence-corrected chi connectivity index (χ1v) is 9.87. The Bertz CT molecular complexity index is 755. The number of hydrogen-bond donors (Lipinski definition) is 3. The van der Waals surface area contributed by atoms with Crippen LogP contribution in [0.1, 0.15) is 43.3 Å². The van der Waals surface area contributed by atoms with Crippen molar-refractivity contribution in [2.45, 2.75) is 45.3 Å². The summed E-state index contributed by atoms with van der Waals surface area (Å²) < 4.78 is 5.07. The molecule has 2 rings (SSSR count). The van der Waals surface area contributed by atoms with Crippen LogP contribution in [-0.4, -0.2) is 60.5 Å². The van der Waals surface area contributed by atoms with Gasteiger partial charge in [-0.15, -0.1) is 11.3 Å². The van der Waals surface area contributed by atoms with E-state index in [4.69, 9.17) is 4.74 Å². The molecule has 0 bridgehead atoms. The molecule has 154 valence electrons. The minimum atomic E-state index is -0.699. The number of anilines is 1. The monoisotopic (exact) mass is 410 g/mol. The van der Waals surface area contributed by atoms with Crippen LogP contribution in [0.25, 0.3) is 0 Å². The Labute approximate surface area is 167 Å². The number of rotatable bonds is 5. The molecule has 0 saturated carbocycles. The molecule has 10 heteroatoms. The molecule has 0 aromatic carbocycles. The Morgan fingerprint density at radius 2 is 2.00 bits per heavy atom. The number of hydrogen-bond acceptors (Lipinski definition) is 6. The van der Waals surface area contributed by atoms with E-state index in [1.54, 1.807) is 32.2 Å². The van der Waals surface area contributed by atoms with E-state index in [1.807, 2.05) is 0 Å². The van der Waals surface area contributed by atoms with E-state index in [2.05, 4.69) is 16.0 Å². The second kappa shape index (κ2) is 9.05. The van der Waals surface area contributed by atoms with E-state index in [1.165, 1.54) is 23.3 Å². The minimum absolute atomic E-state index is 0.199. The zero-order valence-electron chi connectivity index (χ0n) is 16.5. The maximum atomic E-state index is 12.9. The Kier molecular flexibility index (Phi) is 7.00. The Balaban J connectivity index is 1.97. The highest BCUT2D eigenvalue weighted by Crippen LogP contribution is 2.28. The van der Waals surface area contributed by atoms with Crippen LogP contribution in [0.4, 0.5) is 10.5 Å². The van der Waals surface area contributed by atoms with Crippen LogP contribution in [0.5, 0.6) is 0 Å². The summed E-state index contributed by atoms with van der Waals surface area (Å²) in [6.07, 6.45) is 0.657. The smallest absolute Gasteiger partial charge is 0.408 e. The Morgan fingerprint density at radius 3 is 2.64 bits per heavy atom. The number of thiophene rings is 1. The van der Waals surface area contributed by atoms with Crippen molar-refractivity contribution in [3.8, 4) is 0 Å². The number of ether oxygens (including phenoxy) is 1. The molecule has 1 fully saturated rings. The van der Waals surface area contributed by atoms with Gasteiger partial charge in [-0.2, -0.15) is 0 Å². The van der Waals surface area contributed by atoms with Gasteiger partial charge in [-0.3, -0.25) is 14.4 Å². The van der Waals surface area contributed by atoms with Crippen LogP contribution in [0.3, 0.4) is 0 Å². The van der Waals surface area contributed by atoms with Gasteiger partial charge >= 0.3 is 6.09 Å². The van der Waals surface area contributed by atoms with Gasteiger partial charge in [0.1, 0.15) is 23.1 Å². The average Bonchev–Trinajstić information content (AvgIpc) is 3.26. The Hall–Kier alpha value is -2.62. The summed E-state index contributed by atoms with van der Waals surface area (Å²) in [7, 11) is 1.54. The molecule has 4 amide bonds. The molecule has 1 aliphatic rings. The third-order valence-corrected chi connectivity index (χ3v) is 4.89. The highest BCUT2D eigenvalue weighted by molar-refractivity contribution is 7.12. The summed E-state index contributed by atoms with van der Waals surface area (Å²) in [5, 5.41) is 9.26. The number of nitrogens with one attached hydrogen (secondary N) is 3. The third kappa shape index (κ3) is 5.69. The van der Waals surface area contributed by atoms with Gasteiger partial charge in [0.05, 0.1) is 5.69 Å². The first kappa shape index (κ1) is 21.7. The molecule has 1 saturated heterocycles. The molecule has 0 radical (unpaired) electrons. The van der Waals surface area contributed by atoms with E-state index in [0.29, 0.717) is 23.5 Å². The zero-order chi connectivity index (χ0) is 20.9. The van der Waals surface area contributed by atoms with Crippen LogP contribution in [-0.2, 0) is 14.3 Å². The van der Waals surface area contributed by atoms with Crippen molar-refractivity contribution < 1.29 is 23.9 Å². The van der Waals surface area contributed by atoms with Crippen LogP contribution < -0.4 is 16.0 Å². The zero-order valence-corrected chi connectivity index (χ0v) is 17.3. The molecule has 9 nitrogen and oxygen atoms in total. The van der Waals surface area contributed by atoms with Gasteiger partial charge in [0.25, 0.3) is 5.91 Å². The second-order valence-corrected chi connectivity index (χ2v) is 8.25. The lowest BCUT2D eigenvalue weighted by molar-refractivity contribution is -0.124. The molecular weight excluding hydrogens is 384 g/mol. The van der Waals surface area contributed by atoms with Gasteiger partial charge in [-0.1, -0.05) is 0 Å². The summed E-state index contributed by atoms with van der Waals surface area (Å²) in [4.78, 5) is 50.5. The van der Waals surface area contributed by atoms with Crippen LogP contribution in [0, 0.1) is 0 Å². The predicted molar refractivity (Wildman–Crippen MR) is 105 cm³/mol. The number of nitrogens with zero attached hydrogens (tertiary/aromatic N) is 1. The van der Waals surface area contributed by atoms with Gasteiger partial charge in [0.2, 0.25) is 11.8 Å². The lowest BCUT2D eigenvalue weighted by atomic mass is 10.2. The minimum Gasteiger partial charge on any atom is -0.444 e. The van der Waals surface area contributed by atoms with Gasteiger partial charge in [0.15, 0.2) is 0 Å². The van der Waals surface area contributed by atoms with Crippen LogP contribution >= 0.6 is 11.3 Å². The van der Waals surface area contributed by atoms with Gasteiger partial charge < -0.3 is 25.6 Å². The van der Waals surface area contributed by atoms with Crippen molar-refractivity contribution in [3.63, 3.8) is 0 Å². The predicted octanol–water partition coefficient (Wildman–Crippen LogP) is 1.56. The van der Waals surface area contributed by atoms with Crippen LogP contribution in [0.2, 0.25) is 0 Å². The molecule has 1 aromatic heterocycles. The molecule has 3 N–H and O–H groups in total. The highest BCUT2D eigenvalue weighted by atomic mass is 32.1. The summed E-state index contributed by atoms with van der Waals surface area (Å²) in [6, 6.07) is 1.12. The molecule has 1 aromatic rings. The second-order valence-electron chi connectivity index (χ2n) is 7.34. The van der Waals surface area contributed by atoms with Crippen LogP contribution in [0.15, 0.2) is 11.4 Å². The van der Waals surface area contributed by atoms with E-state index in [9.17, 15) is 19.2 Å². The summed E-state index contributed by atoms with van der Waals surface area (Å²) >= 11 is 1.19. The van der Waals surface area contributed by atoms with E-state index in [0.717, 1.165) is 6.42 Å². The first-order valence-electron chi connectivity index (χ1n) is 8.99. The number of alkyl carbamates (subject to hydrolysis) is 1. The van der Waals surface area contributed by atoms with Gasteiger partial charge in [-0.05, 0) is 45.1 Å². The van der Waals surface area contributed by atoms with Crippen molar-refractivity contribution >= 4 is 40.8 Å². The fourth-order valence-electron chi connectivity index (χ4n) is 2.81. The Morgan fingerprint density at radius 1 is 1.29 bits per heavy atom. The third-order valence-electron chi connectivity index (χ3n) is 3.99. The fourth-order valence-corrected chi connectivity index (χ4v) is 3.62. The molecule has 1 atom stereocenters. The fraction of sp³-hybridized carbons (Fsp3) is 0.556. The van der Waals surface area contributed by atoms with Crippen molar-refractivity contribution in [1.82, 2.24) is 15.5 Å². The lowest BCUT2D eigenvalue weighted by Gasteiger charge is -2.23. The quantitative estimate of drug-likeness (QED) is 0.681. The number of carbonyl (C=O) groups is 4. The first-order chi connectivity index (χ1) is 13.1. The average molecular weight is 410 g/mol. The van der Waals surface area contributed by atoms with Crippen molar-refractivity contribution in [2.75, 3.05) is 25.5 Å². The summed E-state index contributed by atoms with van der Waals surface area (Å²) in [6.45, 7) is 5.37. The molecule has 28 heavy (non-hydrogen) atoms. The largest absolute Gasteiger partial charge is 0.444 e.